The molecule has 0 aromatic heterocycles. The number of carbonyl (C=O) groups excluding carboxylic acids is 1. The summed E-state index contributed by atoms with van der Waals surface area (Å²) in [5, 5.41) is 6.46. The minimum Gasteiger partial charge on any atom is -0.490 e. The van der Waals surface area contributed by atoms with Crippen LogP contribution < -0.4 is 20.1 Å². The van der Waals surface area contributed by atoms with Gasteiger partial charge in [0.25, 0.3) is 0 Å². The van der Waals surface area contributed by atoms with E-state index < -0.39 is 6.04 Å². The van der Waals surface area contributed by atoms with Gasteiger partial charge >= 0.3 is 0 Å². The lowest BCUT2D eigenvalue weighted by molar-refractivity contribution is -0.122. The van der Waals surface area contributed by atoms with Crippen LogP contribution in [0.1, 0.15) is 30.5 Å². The van der Waals surface area contributed by atoms with E-state index in [-0.39, 0.29) is 11.9 Å². The minimum absolute atomic E-state index is 0.0835. The number of carbonyl (C=O) groups is 1. The van der Waals surface area contributed by atoms with Crippen molar-refractivity contribution in [2.45, 2.75) is 25.4 Å². The van der Waals surface area contributed by atoms with Crippen LogP contribution >= 0.6 is 0 Å². The lowest BCUT2D eigenvalue weighted by Gasteiger charge is -2.23. The molecule has 1 atom stereocenters. The zero-order chi connectivity index (χ0) is 20.8. The topological polar surface area (TPSA) is 59.6 Å². The third kappa shape index (κ3) is 4.74. The molecule has 4 rings (SSSR count). The maximum Gasteiger partial charge on any atom is 0.242 e. The van der Waals surface area contributed by atoms with Crippen molar-refractivity contribution >= 4 is 11.6 Å². The van der Waals surface area contributed by atoms with Crippen LogP contribution in [-0.4, -0.2) is 25.2 Å². The minimum atomic E-state index is -0.426. The van der Waals surface area contributed by atoms with E-state index in [1.165, 1.54) is 0 Å². The summed E-state index contributed by atoms with van der Waals surface area (Å²) >= 11 is 0. The Hall–Kier alpha value is -3.47. The highest BCUT2D eigenvalue weighted by Crippen LogP contribution is 2.32. The SMILES string of the molecule is C[C@H](Nc1ccc2c(c1)OCCCO2)C(=O)NC(c1ccccc1)c1ccccc1. The third-order valence-electron chi connectivity index (χ3n) is 5.08. The van der Waals surface area contributed by atoms with E-state index in [1.807, 2.05) is 85.8 Å². The number of amides is 1. The third-order valence-corrected chi connectivity index (χ3v) is 5.08. The summed E-state index contributed by atoms with van der Waals surface area (Å²) in [4.78, 5) is 13.0. The Morgan fingerprint density at radius 2 is 1.43 bits per heavy atom. The Kier molecular flexibility index (Phi) is 6.18. The van der Waals surface area contributed by atoms with Gasteiger partial charge < -0.3 is 20.1 Å². The molecule has 1 aliphatic heterocycles. The molecule has 0 fully saturated rings. The van der Waals surface area contributed by atoms with E-state index >= 15 is 0 Å². The lowest BCUT2D eigenvalue weighted by atomic mass is 9.98. The second kappa shape index (κ2) is 9.35. The van der Waals surface area contributed by atoms with Gasteiger partial charge in [-0.2, -0.15) is 0 Å². The fourth-order valence-corrected chi connectivity index (χ4v) is 3.49. The van der Waals surface area contributed by atoms with Crippen LogP contribution in [0.15, 0.2) is 78.9 Å². The zero-order valence-electron chi connectivity index (χ0n) is 17.0. The number of nitrogens with one attached hydrogen (secondary N) is 2. The predicted molar refractivity (Wildman–Crippen MR) is 118 cm³/mol. The van der Waals surface area contributed by atoms with Crippen molar-refractivity contribution in [3.63, 3.8) is 0 Å². The fourth-order valence-electron chi connectivity index (χ4n) is 3.49. The van der Waals surface area contributed by atoms with E-state index in [4.69, 9.17) is 9.47 Å². The molecule has 154 valence electrons. The molecule has 0 bridgehead atoms. The summed E-state index contributed by atoms with van der Waals surface area (Å²) in [6.45, 7) is 3.13. The van der Waals surface area contributed by atoms with Gasteiger partial charge in [0.15, 0.2) is 11.5 Å². The quantitative estimate of drug-likeness (QED) is 0.635. The second-order valence-electron chi connectivity index (χ2n) is 7.34. The highest BCUT2D eigenvalue weighted by atomic mass is 16.5. The smallest absolute Gasteiger partial charge is 0.242 e. The van der Waals surface area contributed by atoms with Gasteiger partial charge in [-0.25, -0.2) is 0 Å². The number of benzene rings is 3. The van der Waals surface area contributed by atoms with Crippen molar-refractivity contribution in [3.8, 4) is 11.5 Å². The number of fused-ring (bicyclic) bond motifs is 1. The standard InChI is InChI=1S/C25H26N2O3/c1-18(26-21-13-14-22-23(17-21)30-16-8-15-29-22)25(28)27-24(19-9-4-2-5-10-19)20-11-6-3-7-12-20/h2-7,9-14,17-18,24,26H,8,15-16H2,1H3,(H,27,28)/t18-/m0/s1. The Labute approximate surface area is 177 Å². The van der Waals surface area contributed by atoms with Gasteiger partial charge in [-0.15, -0.1) is 0 Å². The van der Waals surface area contributed by atoms with Gasteiger partial charge in [0.05, 0.1) is 19.3 Å². The molecule has 3 aromatic rings. The molecular formula is C25H26N2O3. The van der Waals surface area contributed by atoms with Gasteiger partial charge in [0.2, 0.25) is 5.91 Å². The van der Waals surface area contributed by atoms with Gasteiger partial charge in [-0.05, 0) is 30.2 Å². The molecule has 3 aromatic carbocycles. The second-order valence-corrected chi connectivity index (χ2v) is 7.34. The average Bonchev–Trinajstić information content (AvgIpc) is 3.03. The zero-order valence-corrected chi connectivity index (χ0v) is 17.0. The summed E-state index contributed by atoms with van der Waals surface area (Å²) in [6.07, 6.45) is 0.858. The fraction of sp³-hybridized carbons (Fsp3) is 0.240. The van der Waals surface area contributed by atoms with E-state index in [1.54, 1.807) is 0 Å². The molecule has 2 N–H and O–H groups in total. The summed E-state index contributed by atoms with van der Waals surface area (Å²) < 4.78 is 11.4. The first-order chi connectivity index (χ1) is 14.7. The van der Waals surface area contributed by atoms with Gasteiger partial charge in [-0.1, -0.05) is 60.7 Å². The number of rotatable bonds is 6. The van der Waals surface area contributed by atoms with E-state index in [9.17, 15) is 4.79 Å². The molecule has 0 aliphatic carbocycles. The van der Waals surface area contributed by atoms with Gasteiger partial charge in [0, 0.05) is 18.2 Å². The molecule has 0 unspecified atom stereocenters. The van der Waals surface area contributed by atoms with Crippen molar-refractivity contribution in [1.82, 2.24) is 5.32 Å². The monoisotopic (exact) mass is 402 g/mol. The maximum absolute atomic E-state index is 13.0. The lowest BCUT2D eigenvalue weighted by Crippen LogP contribution is -2.40. The van der Waals surface area contributed by atoms with Crippen molar-refractivity contribution in [1.29, 1.82) is 0 Å². The van der Waals surface area contributed by atoms with Gasteiger partial charge in [0.1, 0.15) is 6.04 Å². The Bertz CT molecular complexity index is 937. The Morgan fingerprint density at radius 3 is 2.07 bits per heavy atom. The van der Waals surface area contributed by atoms with Crippen LogP contribution in [0.3, 0.4) is 0 Å². The number of hydrogen-bond donors (Lipinski definition) is 2. The first-order valence-corrected chi connectivity index (χ1v) is 10.3. The molecule has 0 radical (unpaired) electrons. The summed E-state index contributed by atoms with van der Waals surface area (Å²) in [7, 11) is 0. The molecule has 1 heterocycles. The number of hydrogen-bond acceptors (Lipinski definition) is 4. The Balaban J connectivity index is 1.48. The van der Waals surface area contributed by atoms with E-state index in [2.05, 4.69) is 10.6 Å². The van der Waals surface area contributed by atoms with Crippen LogP contribution in [-0.2, 0) is 4.79 Å². The number of anilines is 1. The summed E-state index contributed by atoms with van der Waals surface area (Å²) in [6, 6.07) is 25.0. The number of ether oxygens (including phenoxy) is 2. The summed E-state index contributed by atoms with van der Waals surface area (Å²) in [5.74, 6) is 1.36. The maximum atomic E-state index is 13.0. The highest BCUT2D eigenvalue weighted by Gasteiger charge is 2.21. The average molecular weight is 402 g/mol. The predicted octanol–water partition coefficient (Wildman–Crippen LogP) is 4.55. The Morgan fingerprint density at radius 1 is 0.833 bits per heavy atom. The first kappa shape index (κ1) is 19.8. The molecule has 0 saturated carbocycles. The normalized spacial score (nSPS) is 13.9. The van der Waals surface area contributed by atoms with Crippen molar-refractivity contribution in [2.75, 3.05) is 18.5 Å². The molecule has 0 spiro atoms. The van der Waals surface area contributed by atoms with Crippen LogP contribution in [0.4, 0.5) is 5.69 Å². The molecule has 5 nitrogen and oxygen atoms in total. The van der Waals surface area contributed by atoms with Crippen molar-refractivity contribution < 1.29 is 14.3 Å². The molecule has 1 aliphatic rings. The van der Waals surface area contributed by atoms with Crippen LogP contribution in [0.5, 0.6) is 11.5 Å². The highest BCUT2D eigenvalue weighted by molar-refractivity contribution is 5.85. The van der Waals surface area contributed by atoms with Crippen molar-refractivity contribution in [3.05, 3.63) is 90.0 Å². The first-order valence-electron chi connectivity index (χ1n) is 10.3. The van der Waals surface area contributed by atoms with Crippen LogP contribution in [0.2, 0.25) is 0 Å². The van der Waals surface area contributed by atoms with Crippen LogP contribution in [0.25, 0.3) is 0 Å². The molecule has 1 amide bonds. The molecule has 0 saturated heterocycles. The molecule has 5 heteroatoms. The van der Waals surface area contributed by atoms with E-state index in [0.717, 1.165) is 29.0 Å². The van der Waals surface area contributed by atoms with Crippen LogP contribution in [0, 0.1) is 0 Å². The molecular weight excluding hydrogens is 376 g/mol. The molecule has 30 heavy (non-hydrogen) atoms. The van der Waals surface area contributed by atoms with Crippen molar-refractivity contribution in [2.24, 2.45) is 0 Å². The van der Waals surface area contributed by atoms with Gasteiger partial charge in [-0.3, -0.25) is 4.79 Å². The largest absolute Gasteiger partial charge is 0.490 e. The summed E-state index contributed by atoms with van der Waals surface area (Å²) in [5.41, 5.74) is 2.90. The van der Waals surface area contributed by atoms with E-state index in [0.29, 0.717) is 19.0 Å².